The Kier molecular flexibility index (Phi) is 5.01. The number of benzene rings is 1. The molecule has 1 saturated carbocycles. The van der Waals surface area contributed by atoms with Crippen molar-refractivity contribution in [3.8, 4) is 0 Å². The lowest BCUT2D eigenvalue weighted by atomic mass is 9.88. The van der Waals surface area contributed by atoms with Crippen molar-refractivity contribution in [3.05, 3.63) is 35.9 Å². The van der Waals surface area contributed by atoms with Crippen molar-refractivity contribution in [2.45, 2.75) is 38.1 Å². The third kappa shape index (κ3) is 2.83. The Morgan fingerprint density at radius 1 is 1.38 bits per heavy atom. The van der Waals surface area contributed by atoms with Gasteiger partial charge in [0.15, 0.2) is 0 Å². The lowest BCUT2D eigenvalue weighted by Crippen LogP contribution is -2.42. The number of carbonyl (C=O) groups is 1. The Morgan fingerprint density at radius 3 is 2.52 bits per heavy atom. The lowest BCUT2D eigenvalue weighted by molar-refractivity contribution is -0.134. The number of likely N-dealkylation sites (N-methyl/N-ethyl adjacent to an activating group) is 1. The van der Waals surface area contributed by atoms with E-state index in [0.29, 0.717) is 19.5 Å². The summed E-state index contributed by atoms with van der Waals surface area (Å²) in [5.41, 5.74) is 6.76. The van der Waals surface area contributed by atoms with E-state index in [1.54, 1.807) is 0 Å². The highest BCUT2D eigenvalue weighted by atomic mass is 16.3. The van der Waals surface area contributed by atoms with Crippen molar-refractivity contribution in [2.75, 3.05) is 19.7 Å². The van der Waals surface area contributed by atoms with E-state index in [4.69, 9.17) is 10.8 Å². The van der Waals surface area contributed by atoms with E-state index < -0.39 is 5.41 Å². The summed E-state index contributed by atoms with van der Waals surface area (Å²) in [5, 5.41) is 9.12. The summed E-state index contributed by atoms with van der Waals surface area (Å²) < 4.78 is 0. The molecule has 0 aliphatic heterocycles. The zero-order chi connectivity index (χ0) is 15.5. The highest BCUT2D eigenvalue weighted by Crippen LogP contribution is 2.57. The van der Waals surface area contributed by atoms with Crippen LogP contribution in [0.15, 0.2) is 30.3 Å². The van der Waals surface area contributed by atoms with Gasteiger partial charge in [-0.15, -0.1) is 0 Å². The van der Waals surface area contributed by atoms with Crippen molar-refractivity contribution in [1.82, 2.24) is 4.90 Å². The topological polar surface area (TPSA) is 66.6 Å². The third-order valence-electron chi connectivity index (χ3n) is 4.72. The Balaban J connectivity index is 2.32. The van der Waals surface area contributed by atoms with E-state index in [9.17, 15) is 4.79 Å². The smallest absolute Gasteiger partial charge is 0.233 e. The van der Waals surface area contributed by atoms with Gasteiger partial charge in [-0.1, -0.05) is 30.3 Å². The first-order valence-electron chi connectivity index (χ1n) is 7.83. The van der Waals surface area contributed by atoms with Gasteiger partial charge in [0.2, 0.25) is 5.91 Å². The fraction of sp³-hybridized carbons (Fsp3) is 0.588. The third-order valence-corrected chi connectivity index (χ3v) is 4.72. The van der Waals surface area contributed by atoms with E-state index in [2.05, 4.69) is 0 Å². The number of amides is 1. The standard InChI is InChI=1S/C17H26N2O2/c1-3-19(4-2)16(21)17(13-8-6-5-7-9-13)12-14(17)15(18)10-11-20/h5-9,14-15,20H,3-4,10-12,18H2,1-2H3/t14-,15-,17+/m0/s1. The minimum atomic E-state index is -0.484. The molecule has 3 N–H and O–H groups in total. The van der Waals surface area contributed by atoms with Gasteiger partial charge in [0, 0.05) is 25.7 Å². The number of aliphatic hydroxyl groups excluding tert-OH is 1. The molecule has 0 heterocycles. The van der Waals surface area contributed by atoms with Crippen LogP contribution in [0.3, 0.4) is 0 Å². The molecule has 1 aromatic carbocycles. The molecule has 0 saturated heterocycles. The van der Waals surface area contributed by atoms with E-state index in [1.165, 1.54) is 0 Å². The molecular formula is C17H26N2O2. The summed E-state index contributed by atoms with van der Waals surface area (Å²) >= 11 is 0. The molecule has 1 fully saturated rings. The average molecular weight is 290 g/mol. The van der Waals surface area contributed by atoms with Crippen molar-refractivity contribution in [3.63, 3.8) is 0 Å². The first-order valence-corrected chi connectivity index (χ1v) is 7.83. The highest BCUT2D eigenvalue weighted by Gasteiger charge is 2.63. The van der Waals surface area contributed by atoms with E-state index in [-0.39, 0.29) is 24.5 Å². The van der Waals surface area contributed by atoms with Crippen LogP contribution in [0.2, 0.25) is 0 Å². The number of hydrogen-bond acceptors (Lipinski definition) is 3. The molecule has 2 rings (SSSR count). The van der Waals surface area contributed by atoms with Crippen LogP contribution in [0.1, 0.15) is 32.3 Å². The molecule has 0 bridgehead atoms. The van der Waals surface area contributed by atoms with Crippen LogP contribution in [0, 0.1) is 5.92 Å². The molecule has 116 valence electrons. The Hall–Kier alpha value is -1.39. The molecule has 1 amide bonds. The zero-order valence-corrected chi connectivity index (χ0v) is 13.0. The van der Waals surface area contributed by atoms with Crippen LogP contribution in [-0.2, 0) is 10.2 Å². The zero-order valence-electron chi connectivity index (χ0n) is 13.0. The average Bonchev–Trinajstić information content (AvgIpc) is 3.26. The molecule has 0 spiro atoms. The summed E-state index contributed by atoms with van der Waals surface area (Å²) in [6, 6.07) is 9.82. The highest BCUT2D eigenvalue weighted by molar-refractivity contribution is 5.92. The van der Waals surface area contributed by atoms with Gasteiger partial charge < -0.3 is 15.7 Å². The van der Waals surface area contributed by atoms with Gasteiger partial charge in [0.25, 0.3) is 0 Å². The molecular weight excluding hydrogens is 264 g/mol. The van der Waals surface area contributed by atoms with Gasteiger partial charge in [0.1, 0.15) is 0 Å². The van der Waals surface area contributed by atoms with E-state index in [1.807, 2.05) is 49.1 Å². The predicted octanol–water partition coefficient (Wildman–Crippen LogP) is 1.52. The molecule has 4 heteroatoms. The monoisotopic (exact) mass is 290 g/mol. The van der Waals surface area contributed by atoms with Gasteiger partial charge >= 0.3 is 0 Å². The van der Waals surface area contributed by atoms with Crippen LogP contribution in [0.5, 0.6) is 0 Å². The molecule has 0 radical (unpaired) electrons. The minimum absolute atomic E-state index is 0.0714. The first-order chi connectivity index (χ1) is 10.1. The second-order valence-electron chi connectivity index (χ2n) is 5.80. The van der Waals surface area contributed by atoms with Gasteiger partial charge in [-0.25, -0.2) is 0 Å². The second kappa shape index (κ2) is 6.58. The van der Waals surface area contributed by atoms with Crippen molar-refractivity contribution < 1.29 is 9.90 Å². The van der Waals surface area contributed by atoms with Gasteiger partial charge in [-0.2, -0.15) is 0 Å². The number of carbonyl (C=O) groups excluding carboxylic acids is 1. The molecule has 21 heavy (non-hydrogen) atoms. The minimum Gasteiger partial charge on any atom is -0.396 e. The quantitative estimate of drug-likeness (QED) is 0.800. The molecule has 0 unspecified atom stereocenters. The normalized spacial score (nSPS) is 25.4. The van der Waals surface area contributed by atoms with Crippen molar-refractivity contribution in [2.24, 2.45) is 11.7 Å². The summed E-state index contributed by atoms with van der Waals surface area (Å²) in [4.78, 5) is 14.9. The van der Waals surface area contributed by atoms with Crippen molar-refractivity contribution in [1.29, 1.82) is 0 Å². The Bertz CT molecular complexity index is 473. The van der Waals surface area contributed by atoms with Crippen LogP contribution in [0.4, 0.5) is 0 Å². The maximum absolute atomic E-state index is 13.0. The first kappa shape index (κ1) is 16.0. The lowest BCUT2D eigenvalue weighted by Gasteiger charge is -2.27. The molecule has 1 aliphatic rings. The molecule has 3 atom stereocenters. The number of rotatable bonds is 7. The van der Waals surface area contributed by atoms with Crippen LogP contribution in [-0.4, -0.2) is 41.7 Å². The second-order valence-corrected chi connectivity index (χ2v) is 5.80. The molecule has 1 aromatic rings. The Morgan fingerprint density at radius 2 is 2.00 bits per heavy atom. The predicted molar refractivity (Wildman–Crippen MR) is 83.8 cm³/mol. The van der Waals surface area contributed by atoms with Gasteiger partial charge in [0.05, 0.1) is 5.41 Å². The fourth-order valence-electron chi connectivity index (χ4n) is 3.38. The van der Waals surface area contributed by atoms with Crippen LogP contribution < -0.4 is 5.73 Å². The molecule has 4 nitrogen and oxygen atoms in total. The van der Waals surface area contributed by atoms with E-state index >= 15 is 0 Å². The summed E-state index contributed by atoms with van der Waals surface area (Å²) in [5.74, 6) is 0.303. The number of aliphatic hydroxyl groups is 1. The SMILES string of the molecule is CCN(CC)C(=O)[C@@]1(c2ccccc2)C[C@H]1[C@@H](N)CCO. The van der Waals surface area contributed by atoms with Crippen LogP contribution in [0.25, 0.3) is 0 Å². The summed E-state index contributed by atoms with van der Waals surface area (Å²) in [6.07, 6.45) is 1.33. The summed E-state index contributed by atoms with van der Waals surface area (Å²) in [7, 11) is 0. The van der Waals surface area contributed by atoms with Crippen LogP contribution >= 0.6 is 0 Å². The Labute approximate surface area is 126 Å². The van der Waals surface area contributed by atoms with Gasteiger partial charge in [-0.3, -0.25) is 4.79 Å². The fourth-order valence-corrected chi connectivity index (χ4v) is 3.38. The molecule has 0 aromatic heterocycles. The largest absolute Gasteiger partial charge is 0.396 e. The van der Waals surface area contributed by atoms with Crippen molar-refractivity contribution >= 4 is 5.91 Å². The van der Waals surface area contributed by atoms with Gasteiger partial charge in [-0.05, 0) is 38.2 Å². The maximum atomic E-state index is 13.0. The maximum Gasteiger partial charge on any atom is 0.233 e. The summed E-state index contributed by atoms with van der Waals surface area (Å²) in [6.45, 7) is 5.51. The number of nitrogens with zero attached hydrogens (tertiary/aromatic N) is 1. The molecule has 1 aliphatic carbocycles. The number of hydrogen-bond donors (Lipinski definition) is 2. The van der Waals surface area contributed by atoms with E-state index in [0.717, 1.165) is 12.0 Å². The number of nitrogens with two attached hydrogens (primary N) is 1.